The Morgan fingerprint density at radius 3 is 2.80 bits per heavy atom. The van der Waals surface area contributed by atoms with Gasteiger partial charge >= 0.3 is 5.97 Å². The molecule has 0 radical (unpaired) electrons. The number of nitrogens with zero attached hydrogens (tertiary/aromatic N) is 1. The SMILES string of the molecule is Cc1ncsc1C(=O)NC[C@H](O)C(=O)O. The Kier molecular flexibility index (Phi) is 3.75. The van der Waals surface area contributed by atoms with Gasteiger partial charge < -0.3 is 15.5 Å². The molecule has 0 aliphatic carbocycles. The number of aryl methyl sites for hydroxylation is 1. The summed E-state index contributed by atoms with van der Waals surface area (Å²) in [7, 11) is 0. The molecular weight excluding hydrogens is 220 g/mol. The van der Waals surface area contributed by atoms with Crippen LogP contribution in [0.2, 0.25) is 0 Å². The molecule has 7 heteroatoms. The van der Waals surface area contributed by atoms with E-state index in [4.69, 9.17) is 10.2 Å². The van der Waals surface area contributed by atoms with Gasteiger partial charge in [0.05, 0.1) is 17.7 Å². The first-order valence-corrected chi connectivity index (χ1v) is 4.99. The Bertz CT molecular complexity index is 376. The van der Waals surface area contributed by atoms with Crippen molar-refractivity contribution >= 4 is 23.2 Å². The number of aromatic nitrogens is 1. The zero-order valence-electron chi connectivity index (χ0n) is 7.93. The molecule has 0 spiro atoms. The third-order valence-corrected chi connectivity index (χ3v) is 2.62. The molecule has 1 aromatic heterocycles. The van der Waals surface area contributed by atoms with E-state index in [1.807, 2.05) is 0 Å². The average Bonchev–Trinajstić information content (AvgIpc) is 2.60. The van der Waals surface area contributed by atoms with Crippen molar-refractivity contribution in [1.82, 2.24) is 10.3 Å². The van der Waals surface area contributed by atoms with Gasteiger partial charge in [-0.1, -0.05) is 0 Å². The van der Waals surface area contributed by atoms with E-state index in [0.717, 1.165) is 0 Å². The van der Waals surface area contributed by atoms with E-state index >= 15 is 0 Å². The van der Waals surface area contributed by atoms with Crippen LogP contribution in [0.1, 0.15) is 15.4 Å². The molecule has 1 atom stereocenters. The highest BCUT2D eigenvalue weighted by Gasteiger charge is 2.16. The van der Waals surface area contributed by atoms with E-state index in [-0.39, 0.29) is 6.54 Å². The van der Waals surface area contributed by atoms with Crippen LogP contribution in [0.3, 0.4) is 0 Å². The quantitative estimate of drug-likeness (QED) is 0.655. The molecule has 0 bridgehead atoms. The van der Waals surface area contributed by atoms with Gasteiger partial charge in [-0.3, -0.25) is 4.79 Å². The van der Waals surface area contributed by atoms with Gasteiger partial charge in [-0.05, 0) is 6.92 Å². The van der Waals surface area contributed by atoms with Gasteiger partial charge in [-0.15, -0.1) is 11.3 Å². The highest BCUT2D eigenvalue weighted by Crippen LogP contribution is 2.11. The predicted octanol–water partition coefficient (Wildman–Crippen LogP) is -0.373. The van der Waals surface area contributed by atoms with E-state index in [0.29, 0.717) is 10.6 Å². The number of carboxylic acids is 1. The zero-order valence-corrected chi connectivity index (χ0v) is 8.74. The number of hydrogen-bond acceptors (Lipinski definition) is 5. The first kappa shape index (κ1) is 11.6. The number of carbonyl (C=O) groups excluding carboxylic acids is 1. The monoisotopic (exact) mass is 230 g/mol. The first-order chi connectivity index (χ1) is 7.02. The standard InChI is InChI=1S/C8H10N2O4S/c1-4-6(15-3-10-4)7(12)9-2-5(11)8(13)14/h3,5,11H,2H2,1H3,(H,9,12)(H,13,14)/t5-/m0/s1. The van der Waals surface area contributed by atoms with Gasteiger partial charge in [-0.25, -0.2) is 9.78 Å². The minimum Gasteiger partial charge on any atom is -0.479 e. The largest absolute Gasteiger partial charge is 0.479 e. The van der Waals surface area contributed by atoms with Crippen LogP contribution in [0.15, 0.2) is 5.51 Å². The molecule has 0 aliphatic heterocycles. The third kappa shape index (κ3) is 3.00. The molecule has 1 aromatic rings. The molecule has 15 heavy (non-hydrogen) atoms. The topological polar surface area (TPSA) is 99.5 Å². The zero-order chi connectivity index (χ0) is 11.4. The van der Waals surface area contributed by atoms with Crippen molar-refractivity contribution in [2.45, 2.75) is 13.0 Å². The second kappa shape index (κ2) is 4.85. The summed E-state index contributed by atoms with van der Waals surface area (Å²) < 4.78 is 0. The summed E-state index contributed by atoms with van der Waals surface area (Å²) in [5.74, 6) is -1.79. The van der Waals surface area contributed by atoms with Crippen molar-refractivity contribution in [3.8, 4) is 0 Å². The van der Waals surface area contributed by atoms with Gasteiger partial charge in [0.25, 0.3) is 5.91 Å². The molecule has 1 amide bonds. The van der Waals surface area contributed by atoms with Crippen molar-refractivity contribution in [2.24, 2.45) is 0 Å². The number of nitrogens with one attached hydrogen (secondary N) is 1. The maximum absolute atomic E-state index is 11.4. The summed E-state index contributed by atoms with van der Waals surface area (Å²) in [4.78, 5) is 26.0. The van der Waals surface area contributed by atoms with Crippen LogP contribution >= 0.6 is 11.3 Å². The summed E-state index contributed by atoms with van der Waals surface area (Å²) >= 11 is 1.17. The molecule has 1 rings (SSSR count). The average molecular weight is 230 g/mol. The molecule has 0 saturated carbocycles. The Morgan fingerprint density at radius 2 is 2.33 bits per heavy atom. The molecule has 1 heterocycles. The smallest absolute Gasteiger partial charge is 0.334 e. The predicted molar refractivity (Wildman–Crippen MR) is 52.8 cm³/mol. The highest BCUT2D eigenvalue weighted by atomic mass is 32.1. The maximum Gasteiger partial charge on any atom is 0.334 e. The highest BCUT2D eigenvalue weighted by molar-refractivity contribution is 7.11. The maximum atomic E-state index is 11.4. The fourth-order valence-corrected chi connectivity index (χ4v) is 1.60. The third-order valence-electron chi connectivity index (χ3n) is 1.69. The number of aliphatic hydroxyl groups excluding tert-OH is 1. The molecule has 0 fully saturated rings. The van der Waals surface area contributed by atoms with Gasteiger partial charge in [0.15, 0.2) is 6.10 Å². The second-order valence-electron chi connectivity index (χ2n) is 2.83. The van der Waals surface area contributed by atoms with Crippen molar-refractivity contribution in [3.63, 3.8) is 0 Å². The number of carbonyl (C=O) groups is 2. The van der Waals surface area contributed by atoms with Crippen LogP contribution in [-0.2, 0) is 4.79 Å². The molecule has 82 valence electrons. The van der Waals surface area contributed by atoms with E-state index in [1.54, 1.807) is 6.92 Å². The van der Waals surface area contributed by atoms with Crippen molar-refractivity contribution in [1.29, 1.82) is 0 Å². The number of thiazole rings is 1. The van der Waals surface area contributed by atoms with E-state index in [1.165, 1.54) is 16.8 Å². The molecule has 3 N–H and O–H groups in total. The van der Waals surface area contributed by atoms with Crippen LogP contribution in [0.5, 0.6) is 0 Å². The Labute approximate surface area is 89.6 Å². The lowest BCUT2D eigenvalue weighted by Crippen LogP contribution is -2.36. The Hall–Kier alpha value is -1.47. The van der Waals surface area contributed by atoms with E-state index in [2.05, 4.69) is 10.3 Å². The second-order valence-corrected chi connectivity index (χ2v) is 3.69. The van der Waals surface area contributed by atoms with Crippen molar-refractivity contribution in [3.05, 3.63) is 16.1 Å². The number of rotatable bonds is 4. The molecule has 0 saturated heterocycles. The van der Waals surface area contributed by atoms with Crippen LogP contribution in [0, 0.1) is 6.92 Å². The van der Waals surface area contributed by atoms with Gasteiger partial charge in [-0.2, -0.15) is 0 Å². The Balaban J connectivity index is 2.51. The minimum atomic E-state index is -1.58. The van der Waals surface area contributed by atoms with Crippen LogP contribution in [0.25, 0.3) is 0 Å². The van der Waals surface area contributed by atoms with Gasteiger partial charge in [0.2, 0.25) is 0 Å². The fraction of sp³-hybridized carbons (Fsp3) is 0.375. The number of hydrogen-bond donors (Lipinski definition) is 3. The number of aliphatic carboxylic acids is 1. The lowest BCUT2D eigenvalue weighted by molar-refractivity contribution is -0.146. The molecular formula is C8H10N2O4S. The molecule has 0 aromatic carbocycles. The van der Waals surface area contributed by atoms with Gasteiger partial charge in [0.1, 0.15) is 4.88 Å². The summed E-state index contributed by atoms with van der Waals surface area (Å²) in [6.07, 6.45) is -1.58. The van der Waals surface area contributed by atoms with Crippen molar-refractivity contribution < 1.29 is 19.8 Å². The fourth-order valence-electron chi connectivity index (χ4n) is 0.877. The van der Waals surface area contributed by atoms with Crippen LogP contribution in [0.4, 0.5) is 0 Å². The van der Waals surface area contributed by atoms with Crippen molar-refractivity contribution in [2.75, 3.05) is 6.54 Å². The summed E-state index contributed by atoms with van der Waals surface area (Å²) in [5, 5.41) is 19.6. The summed E-state index contributed by atoms with van der Waals surface area (Å²) in [6.45, 7) is 1.37. The van der Waals surface area contributed by atoms with Crippen LogP contribution in [-0.4, -0.2) is 39.7 Å². The van der Waals surface area contributed by atoms with E-state index < -0.39 is 18.0 Å². The first-order valence-electron chi connectivity index (χ1n) is 4.11. The number of carboxylic acid groups (broad SMARTS) is 1. The summed E-state index contributed by atoms with van der Waals surface area (Å²) in [6, 6.07) is 0. The lowest BCUT2D eigenvalue weighted by Gasteiger charge is -2.06. The Morgan fingerprint density at radius 1 is 1.67 bits per heavy atom. The van der Waals surface area contributed by atoms with Gasteiger partial charge in [0, 0.05) is 0 Å². The molecule has 0 unspecified atom stereocenters. The van der Waals surface area contributed by atoms with Crippen LogP contribution < -0.4 is 5.32 Å². The summed E-state index contributed by atoms with van der Waals surface area (Å²) in [5.41, 5.74) is 2.11. The number of aliphatic hydroxyl groups is 1. The molecule has 0 aliphatic rings. The van der Waals surface area contributed by atoms with E-state index in [9.17, 15) is 9.59 Å². The molecule has 6 nitrogen and oxygen atoms in total. The normalized spacial score (nSPS) is 12.1. The minimum absolute atomic E-state index is 0.314. The number of amides is 1. The lowest BCUT2D eigenvalue weighted by atomic mass is 10.3.